The quantitative estimate of drug-likeness (QED) is 0.850. The summed E-state index contributed by atoms with van der Waals surface area (Å²) in [7, 11) is 0. The topological polar surface area (TPSA) is 62.2 Å². The number of amides is 1. The van der Waals surface area contributed by atoms with Crippen molar-refractivity contribution >= 4 is 17.2 Å². The number of nitrogens with zero attached hydrogens (tertiary/aromatic N) is 5. The van der Waals surface area contributed by atoms with Gasteiger partial charge >= 0.3 is 0 Å². The van der Waals surface area contributed by atoms with Gasteiger partial charge in [-0.15, -0.1) is 11.3 Å². The summed E-state index contributed by atoms with van der Waals surface area (Å²) in [5.41, 5.74) is 0.0838. The van der Waals surface area contributed by atoms with Gasteiger partial charge in [0.25, 0.3) is 0 Å². The third-order valence-corrected chi connectivity index (χ3v) is 5.81. The molecule has 7 heteroatoms. The average molecular weight is 343 g/mol. The number of thiazole rings is 1. The molecule has 24 heavy (non-hydrogen) atoms. The minimum Gasteiger partial charge on any atom is -0.341 e. The van der Waals surface area contributed by atoms with E-state index >= 15 is 0 Å². The fourth-order valence-corrected chi connectivity index (χ4v) is 4.55. The van der Waals surface area contributed by atoms with E-state index in [1.807, 2.05) is 16.5 Å². The first-order chi connectivity index (χ1) is 11.8. The zero-order valence-corrected chi connectivity index (χ0v) is 14.4. The summed E-state index contributed by atoms with van der Waals surface area (Å²) in [6, 6.07) is 0. The highest BCUT2D eigenvalue weighted by Gasteiger charge is 2.52. The first-order valence-electron chi connectivity index (χ1n) is 8.50. The van der Waals surface area contributed by atoms with E-state index in [1.165, 1.54) is 0 Å². The molecule has 2 aromatic heterocycles. The Balaban J connectivity index is 1.73. The van der Waals surface area contributed by atoms with Crippen molar-refractivity contribution in [3.05, 3.63) is 40.9 Å². The Labute approximate surface area is 145 Å². The monoisotopic (exact) mass is 343 g/mol. The molecule has 1 atom stereocenters. The van der Waals surface area contributed by atoms with Crippen LogP contribution in [-0.2, 0) is 16.9 Å². The zero-order valence-electron chi connectivity index (χ0n) is 13.6. The van der Waals surface area contributed by atoms with Crippen LogP contribution in [0, 0.1) is 0 Å². The molecule has 126 valence electrons. The van der Waals surface area contributed by atoms with Crippen molar-refractivity contribution in [1.29, 1.82) is 0 Å². The lowest BCUT2D eigenvalue weighted by Gasteiger charge is -2.38. The molecule has 6 nitrogen and oxygen atoms in total. The van der Waals surface area contributed by atoms with Crippen molar-refractivity contribution in [2.24, 2.45) is 0 Å². The van der Waals surface area contributed by atoms with Crippen LogP contribution in [0.15, 0.2) is 30.2 Å². The maximum absolute atomic E-state index is 13.5. The summed E-state index contributed by atoms with van der Waals surface area (Å²) < 4.78 is 0. The van der Waals surface area contributed by atoms with E-state index in [2.05, 4.69) is 19.9 Å². The van der Waals surface area contributed by atoms with Gasteiger partial charge in [0.15, 0.2) is 0 Å². The molecular weight excluding hydrogens is 322 g/mol. The summed E-state index contributed by atoms with van der Waals surface area (Å²) in [6.07, 6.45) is 10.9. The summed E-state index contributed by atoms with van der Waals surface area (Å²) in [6.45, 7) is 3.28. The molecule has 0 saturated carbocycles. The minimum atomic E-state index is -0.690. The number of aromatic nitrogens is 3. The largest absolute Gasteiger partial charge is 0.341 e. The summed E-state index contributed by atoms with van der Waals surface area (Å²) in [4.78, 5) is 31.0. The predicted molar refractivity (Wildman–Crippen MR) is 91.3 cm³/mol. The number of hydrogen-bond acceptors (Lipinski definition) is 6. The van der Waals surface area contributed by atoms with Gasteiger partial charge in [-0.3, -0.25) is 19.7 Å². The van der Waals surface area contributed by atoms with E-state index in [0.29, 0.717) is 6.54 Å². The van der Waals surface area contributed by atoms with Gasteiger partial charge in [0.1, 0.15) is 10.5 Å². The SMILES string of the molecule is O=C(N1CCCC1)C1(c2cnccn2)CCCN1Cc1nccs1. The van der Waals surface area contributed by atoms with E-state index in [4.69, 9.17) is 0 Å². The predicted octanol–water partition coefficient (Wildman–Crippen LogP) is 2.05. The van der Waals surface area contributed by atoms with Crippen LogP contribution in [0.5, 0.6) is 0 Å². The molecular formula is C17H21N5OS. The van der Waals surface area contributed by atoms with Crippen LogP contribution < -0.4 is 0 Å². The highest BCUT2D eigenvalue weighted by molar-refractivity contribution is 7.09. The van der Waals surface area contributed by atoms with Crippen LogP contribution in [0.25, 0.3) is 0 Å². The first-order valence-corrected chi connectivity index (χ1v) is 9.38. The molecule has 0 radical (unpaired) electrons. The fraction of sp³-hybridized carbons (Fsp3) is 0.529. The molecule has 2 saturated heterocycles. The Bertz CT molecular complexity index is 686. The van der Waals surface area contributed by atoms with Crippen molar-refractivity contribution in [3.63, 3.8) is 0 Å². The Hall–Kier alpha value is -1.86. The smallest absolute Gasteiger partial charge is 0.249 e. The van der Waals surface area contributed by atoms with Crippen LogP contribution in [-0.4, -0.2) is 50.3 Å². The summed E-state index contributed by atoms with van der Waals surface area (Å²) in [5, 5.41) is 3.02. The van der Waals surface area contributed by atoms with Crippen LogP contribution in [0.1, 0.15) is 36.4 Å². The van der Waals surface area contributed by atoms with Gasteiger partial charge in [0, 0.05) is 43.6 Å². The third kappa shape index (κ3) is 2.61. The van der Waals surface area contributed by atoms with Crippen molar-refractivity contribution in [1.82, 2.24) is 24.8 Å². The summed E-state index contributed by atoms with van der Waals surface area (Å²) in [5.74, 6) is 0.189. The molecule has 2 aliphatic rings. The Kier molecular flexibility index (Phi) is 4.28. The maximum atomic E-state index is 13.5. The molecule has 0 bridgehead atoms. The van der Waals surface area contributed by atoms with Crippen LogP contribution >= 0.6 is 11.3 Å². The lowest BCUT2D eigenvalue weighted by Crippen LogP contribution is -2.54. The van der Waals surface area contributed by atoms with E-state index in [1.54, 1.807) is 29.9 Å². The molecule has 0 N–H and O–H groups in total. The third-order valence-electron chi connectivity index (χ3n) is 5.05. The molecule has 1 unspecified atom stereocenters. The van der Waals surface area contributed by atoms with Gasteiger partial charge in [0.05, 0.1) is 18.4 Å². The molecule has 0 aromatic carbocycles. The number of rotatable bonds is 4. The summed E-state index contributed by atoms with van der Waals surface area (Å²) >= 11 is 1.64. The van der Waals surface area contributed by atoms with Crippen molar-refractivity contribution in [3.8, 4) is 0 Å². The second-order valence-electron chi connectivity index (χ2n) is 6.40. The number of likely N-dealkylation sites (tertiary alicyclic amines) is 2. The second kappa shape index (κ2) is 6.57. The van der Waals surface area contributed by atoms with Crippen molar-refractivity contribution in [2.45, 2.75) is 37.8 Å². The molecule has 4 rings (SSSR count). The molecule has 0 aliphatic carbocycles. The van der Waals surface area contributed by atoms with Gasteiger partial charge in [-0.1, -0.05) is 0 Å². The van der Waals surface area contributed by atoms with Gasteiger partial charge in [-0.2, -0.15) is 0 Å². The standard InChI is InChI=1S/C17H21N5OS/c23-16(21-8-1-2-9-21)17(14-12-18-5-6-19-14)4-3-10-22(17)13-15-20-7-11-24-15/h5-7,11-12H,1-4,8-10,13H2. The van der Waals surface area contributed by atoms with Crippen LogP contribution in [0.2, 0.25) is 0 Å². The van der Waals surface area contributed by atoms with Crippen LogP contribution in [0.4, 0.5) is 0 Å². The van der Waals surface area contributed by atoms with Gasteiger partial charge in [0.2, 0.25) is 5.91 Å². The molecule has 0 spiro atoms. The van der Waals surface area contributed by atoms with Gasteiger partial charge < -0.3 is 4.90 Å². The van der Waals surface area contributed by atoms with Crippen LogP contribution in [0.3, 0.4) is 0 Å². The van der Waals surface area contributed by atoms with E-state index in [9.17, 15) is 4.79 Å². The fourth-order valence-electron chi connectivity index (χ4n) is 3.92. The molecule has 2 aliphatic heterocycles. The minimum absolute atomic E-state index is 0.189. The Morgan fingerprint density at radius 3 is 2.71 bits per heavy atom. The lowest BCUT2D eigenvalue weighted by molar-refractivity contribution is -0.143. The van der Waals surface area contributed by atoms with Crippen molar-refractivity contribution < 1.29 is 4.79 Å². The normalized spacial score (nSPS) is 24.6. The first kappa shape index (κ1) is 15.7. The van der Waals surface area contributed by atoms with Gasteiger partial charge in [-0.05, 0) is 25.7 Å². The molecule has 4 heterocycles. The highest BCUT2D eigenvalue weighted by atomic mass is 32.1. The molecule has 2 fully saturated rings. The maximum Gasteiger partial charge on any atom is 0.249 e. The van der Waals surface area contributed by atoms with E-state index < -0.39 is 5.54 Å². The number of carbonyl (C=O) groups excluding carboxylic acids is 1. The van der Waals surface area contributed by atoms with E-state index in [0.717, 1.165) is 56.0 Å². The lowest BCUT2D eigenvalue weighted by atomic mass is 9.90. The average Bonchev–Trinajstić information content (AvgIpc) is 3.38. The van der Waals surface area contributed by atoms with Crippen molar-refractivity contribution in [2.75, 3.05) is 19.6 Å². The Morgan fingerprint density at radius 2 is 2.00 bits per heavy atom. The van der Waals surface area contributed by atoms with E-state index in [-0.39, 0.29) is 5.91 Å². The Morgan fingerprint density at radius 1 is 1.12 bits per heavy atom. The molecule has 2 aromatic rings. The number of hydrogen-bond donors (Lipinski definition) is 0. The second-order valence-corrected chi connectivity index (χ2v) is 7.38. The zero-order chi connectivity index (χ0) is 16.4. The number of carbonyl (C=O) groups is 1. The molecule has 1 amide bonds. The highest BCUT2D eigenvalue weighted by Crippen LogP contribution is 2.41. The van der Waals surface area contributed by atoms with Gasteiger partial charge in [-0.25, -0.2) is 4.98 Å².